The Morgan fingerprint density at radius 1 is 1.47 bits per heavy atom. The van der Waals surface area contributed by atoms with Crippen molar-refractivity contribution in [2.24, 2.45) is 0 Å². The number of hydrogen-bond donors (Lipinski definition) is 3. The SMILES string of the molecule is O=c1[nH]c(=O)n(CCCO)c2nc[nH]c12. The maximum atomic E-state index is 11.4. The maximum absolute atomic E-state index is 11.4. The number of hydrogen-bond acceptors (Lipinski definition) is 4. The molecule has 2 aromatic heterocycles. The molecule has 15 heavy (non-hydrogen) atoms. The summed E-state index contributed by atoms with van der Waals surface area (Å²) in [4.78, 5) is 31.5. The van der Waals surface area contributed by atoms with Crippen LogP contribution in [0.2, 0.25) is 0 Å². The van der Waals surface area contributed by atoms with Gasteiger partial charge in [0, 0.05) is 13.2 Å². The smallest absolute Gasteiger partial charge is 0.330 e. The molecule has 2 rings (SSSR count). The number of aryl methyl sites for hydroxylation is 1. The van der Waals surface area contributed by atoms with Gasteiger partial charge in [-0.1, -0.05) is 0 Å². The van der Waals surface area contributed by atoms with Crippen molar-refractivity contribution in [3.63, 3.8) is 0 Å². The van der Waals surface area contributed by atoms with Crippen LogP contribution in [-0.4, -0.2) is 31.2 Å². The highest BCUT2D eigenvalue weighted by molar-refractivity contribution is 5.68. The zero-order valence-electron chi connectivity index (χ0n) is 7.86. The van der Waals surface area contributed by atoms with Crippen molar-refractivity contribution in [1.29, 1.82) is 0 Å². The van der Waals surface area contributed by atoms with E-state index in [2.05, 4.69) is 15.0 Å². The molecule has 3 N–H and O–H groups in total. The lowest BCUT2D eigenvalue weighted by atomic mass is 10.4. The van der Waals surface area contributed by atoms with E-state index in [9.17, 15) is 9.59 Å². The summed E-state index contributed by atoms with van der Waals surface area (Å²) in [5.41, 5.74) is -0.398. The molecule has 0 atom stereocenters. The van der Waals surface area contributed by atoms with Crippen LogP contribution in [0.4, 0.5) is 0 Å². The van der Waals surface area contributed by atoms with Gasteiger partial charge in [0.1, 0.15) is 5.52 Å². The van der Waals surface area contributed by atoms with Gasteiger partial charge >= 0.3 is 5.69 Å². The molecule has 0 saturated heterocycles. The predicted molar refractivity (Wildman–Crippen MR) is 52.7 cm³/mol. The third kappa shape index (κ3) is 1.57. The van der Waals surface area contributed by atoms with E-state index in [4.69, 9.17) is 5.11 Å². The Morgan fingerprint density at radius 3 is 3.00 bits per heavy atom. The zero-order chi connectivity index (χ0) is 10.8. The molecule has 0 aliphatic heterocycles. The Bertz CT molecular complexity index is 579. The lowest BCUT2D eigenvalue weighted by Gasteiger charge is -2.03. The highest BCUT2D eigenvalue weighted by Crippen LogP contribution is 2.00. The fraction of sp³-hybridized carbons (Fsp3) is 0.375. The van der Waals surface area contributed by atoms with E-state index >= 15 is 0 Å². The third-order valence-electron chi connectivity index (χ3n) is 2.11. The normalized spacial score (nSPS) is 11.0. The summed E-state index contributed by atoms with van der Waals surface area (Å²) >= 11 is 0. The van der Waals surface area contributed by atoms with Gasteiger partial charge in [-0.2, -0.15) is 0 Å². The van der Waals surface area contributed by atoms with Gasteiger partial charge in [-0.25, -0.2) is 9.78 Å². The number of H-pyrrole nitrogens is 2. The van der Waals surface area contributed by atoms with Crippen LogP contribution in [0.5, 0.6) is 0 Å². The van der Waals surface area contributed by atoms with E-state index in [1.807, 2.05) is 0 Å². The van der Waals surface area contributed by atoms with Crippen LogP contribution in [0, 0.1) is 0 Å². The third-order valence-corrected chi connectivity index (χ3v) is 2.11. The fourth-order valence-corrected chi connectivity index (χ4v) is 1.42. The van der Waals surface area contributed by atoms with Gasteiger partial charge in [0.05, 0.1) is 6.33 Å². The van der Waals surface area contributed by atoms with Crippen LogP contribution in [0.25, 0.3) is 11.2 Å². The number of aliphatic hydroxyl groups excluding tert-OH is 1. The van der Waals surface area contributed by atoms with Crippen molar-refractivity contribution in [3.8, 4) is 0 Å². The summed E-state index contributed by atoms with van der Waals surface area (Å²) < 4.78 is 1.32. The first-order chi connectivity index (χ1) is 7.24. The molecule has 2 aromatic rings. The number of aromatic amines is 2. The Hall–Kier alpha value is -1.89. The second-order valence-corrected chi connectivity index (χ2v) is 3.09. The van der Waals surface area contributed by atoms with E-state index in [0.717, 1.165) is 0 Å². The van der Waals surface area contributed by atoms with Crippen LogP contribution in [0.15, 0.2) is 15.9 Å². The largest absolute Gasteiger partial charge is 0.396 e. The molecule has 0 bridgehead atoms. The second kappa shape index (κ2) is 3.70. The number of aliphatic hydroxyl groups is 1. The fourth-order valence-electron chi connectivity index (χ4n) is 1.42. The number of nitrogens with one attached hydrogen (secondary N) is 2. The predicted octanol–water partition coefficient (Wildman–Crippen LogP) is -1.20. The maximum Gasteiger partial charge on any atom is 0.330 e. The van der Waals surface area contributed by atoms with Crippen molar-refractivity contribution in [3.05, 3.63) is 27.2 Å². The Balaban J connectivity index is 2.66. The summed E-state index contributed by atoms with van der Waals surface area (Å²) in [6, 6.07) is 0. The molecule has 2 heterocycles. The minimum absolute atomic E-state index is 0.0164. The standard InChI is InChI=1S/C8H10N4O3/c13-3-1-2-12-6-5(9-4-10-6)7(14)11-8(12)15/h4,13H,1-3H2,(H,9,10)(H,11,14,15). The van der Waals surface area contributed by atoms with Gasteiger partial charge in [0.15, 0.2) is 5.65 Å². The Labute approximate surface area is 83.4 Å². The first-order valence-corrected chi connectivity index (χ1v) is 4.51. The summed E-state index contributed by atoms with van der Waals surface area (Å²) in [6.45, 7) is 0.310. The molecular weight excluding hydrogens is 200 g/mol. The quantitative estimate of drug-likeness (QED) is 0.591. The molecule has 7 nitrogen and oxygen atoms in total. The van der Waals surface area contributed by atoms with Crippen LogP contribution < -0.4 is 11.2 Å². The number of fused-ring (bicyclic) bond motifs is 1. The Kier molecular flexibility index (Phi) is 2.38. The second-order valence-electron chi connectivity index (χ2n) is 3.09. The first-order valence-electron chi connectivity index (χ1n) is 4.51. The number of aromatic nitrogens is 4. The molecule has 0 aliphatic rings. The van der Waals surface area contributed by atoms with E-state index in [1.165, 1.54) is 10.9 Å². The van der Waals surface area contributed by atoms with Gasteiger partial charge in [0.25, 0.3) is 5.56 Å². The van der Waals surface area contributed by atoms with E-state index in [-0.39, 0.29) is 12.1 Å². The Morgan fingerprint density at radius 2 is 2.27 bits per heavy atom. The summed E-state index contributed by atoms with van der Waals surface area (Å²) in [6.07, 6.45) is 1.79. The van der Waals surface area contributed by atoms with E-state index in [1.54, 1.807) is 0 Å². The van der Waals surface area contributed by atoms with Gasteiger partial charge in [0.2, 0.25) is 0 Å². The summed E-state index contributed by atoms with van der Waals surface area (Å²) in [5, 5.41) is 8.68. The summed E-state index contributed by atoms with van der Waals surface area (Å²) in [7, 11) is 0. The minimum atomic E-state index is -0.506. The van der Waals surface area contributed by atoms with Gasteiger partial charge in [-0.15, -0.1) is 0 Å². The molecule has 80 valence electrons. The van der Waals surface area contributed by atoms with Crippen molar-refractivity contribution >= 4 is 11.2 Å². The van der Waals surface area contributed by atoms with Crippen molar-refractivity contribution in [2.75, 3.05) is 6.61 Å². The van der Waals surface area contributed by atoms with E-state index in [0.29, 0.717) is 18.6 Å². The number of imidazole rings is 1. The summed E-state index contributed by atoms with van der Waals surface area (Å²) in [5.74, 6) is 0. The topological polar surface area (TPSA) is 104 Å². The molecule has 0 aliphatic carbocycles. The molecule has 0 saturated carbocycles. The minimum Gasteiger partial charge on any atom is -0.396 e. The zero-order valence-corrected chi connectivity index (χ0v) is 7.86. The van der Waals surface area contributed by atoms with Crippen LogP contribution >= 0.6 is 0 Å². The molecule has 0 radical (unpaired) electrons. The molecule has 0 unspecified atom stereocenters. The monoisotopic (exact) mass is 210 g/mol. The molecule has 7 heteroatoms. The average Bonchev–Trinajstić information content (AvgIpc) is 2.66. The number of rotatable bonds is 3. The van der Waals surface area contributed by atoms with Gasteiger partial charge in [-0.3, -0.25) is 14.3 Å². The van der Waals surface area contributed by atoms with Gasteiger partial charge in [-0.05, 0) is 6.42 Å². The lowest BCUT2D eigenvalue weighted by Crippen LogP contribution is -2.30. The van der Waals surface area contributed by atoms with Crippen LogP contribution in [0.3, 0.4) is 0 Å². The van der Waals surface area contributed by atoms with Crippen LogP contribution in [0.1, 0.15) is 6.42 Å². The van der Waals surface area contributed by atoms with Crippen molar-refractivity contribution < 1.29 is 5.11 Å². The van der Waals surface area contributed by atoms with Crippen molar-refractivity contribution in [1.82, 2.24) is 19.5 Å². The molecule has 0 spiro atoms. The van der Waals surface area contributed by atoms with Crippen molar-refractivity contribution in [2.45, 2.75) is 13.0 Å². The molecular formula is C8H10N4O3. The molecule has 0 amide bonds. The average molecular weight is 210 g/mol. The van der Waals surface area contributed by atoms with Crippen LogP contribution in [-0.2, 0) is 6.54 Å². The molecule has 0 fully saturated rings. The molecule has 0 aromatic carbocycles. The highest BCUT2D eigenvalue weighted by Gasteiger charge is 2.08. The highest BCUT2D eigenvalue weighted by atomic mass is 16.3. The first kappa shape index (κ1) is 9.66. The number of nitrogens with zero attached hydrogens (tertiary/aromatic N) is 2. The lowest BCUT2D eigenvalue weighted by molar-refractivity contribution is 0.279. The van der Waals surface area contributed by atoms with Gasteiger partial charge < -0.3 is 10.1 Å². The van der Waals surface area contributed by atoms with E-state index < -0.39 is 11.2 Å².